The van der Waals surface area contributed by atoms with Crippen LogP contribution in [0.3, 0.4) is 0 Å². The van der Waals surface area contributed by atoms with Crippen molar-refractivity contribution in [3.8, 4) is 0 Å². The fraction of sp³-hybridized carbons (Fsp3) is 0.364. The zero-order chi connectivity index (χ0) is 13.9. The van der Waals surface area contributed by atoms with E-state index in [4.69, 9.17) is 0 Å². The number of Topliss-reactive ketones (excluding diaryl/α,β-unsaturated/α-hetero) is 1. The Bertz CT molecular complexity index is 448. The van der Waals surface area contributed by atoms with Gasteiger partial charge < -0.3 is 0 Å². The normalized spacial score (nSPS) is 13.4. The molecule has 0 spiro atoms. The minimum absolute atomic E-state index is 0.123. The number of rotatable bonds is 4. The number of hydrogen-bond donors (Lipinski definition) is 0. The summed E-state index contributed by atoms with van der Waals surface area (Å²) in [4.78, 5) is 11.3. The molecule has 1 aromatic rings. The van der Waals surface area contributed by atoms with Crippen molar-refractivity contribution in [2.75, 3.05) is 6.26 Å². The summed E-state index contributed by atoms with van der Waals surface area (Å²) in [5, 5.41) is 0. The average molecular weight is 359 g/mol. The fourth-order valence-electron chi connectivity index (χ4n) is 1.29. The minimum Gasteiger partial charge on any atom is -0.298 e. The molecule has 0 fully saturated rings. The molecule has 0 saturated carbocycles. The fourth-order valence-corrected chi connectivity index (χ4v) is 3.03. The molecule has 7 heteroatoms. The van der Waals surface area contributed by atoms with Crippen LogP contribution in [0.4, 0.5) is 13.2 Å². The van der Waals surface area contributed by atoms with Crippen molar-refractivity contribution < 1.29 is 18.0 Å². The second-order valence-electron chi connectivity index (χ2n) is 3.43. The van der Waals surface area contributed by atoms with Gasteiger partial charge in [-0.25, -0.2) is 0 Å². The summed E-state index contributed by atoms with van der Waals surface area (Å²) in [5.41, 5.74) is -3.80. The lowest BCUT2D eigenvalue weighted by Gasteiger charge is -2.13. The van der Waals surface area contributed by atoms with E-state index in [0.717, 1.165) is 0 Å². The molecular formula is C11H10BrF3OS2. The molecule has 1 atom stereocenters. The SMILES string of the molecule is CSc1ccc(C(Br)C(C)=O)cc1SC(F)(F)F. The van der Waals surface area contributed by atoms with Crippen molar-refractivity contribution in [2.24, 2.45) is 0 Å². The van der Waals surface area contributed by atoms with Crippen LogP contribution in [0.25, 0.3) is 0 Å². The van der Waals surface area contributed by atoms with E-state index in [1.165, 1.54) is 24.8 Å². The van der Waals surface area contributed by atoms with Crippen LogP contribution in [-0.2, 0) is 4.79 Å². The third-order valence-corrected chi connectivity index (χ3v) is 4.95. The van der Waals surface area contributed by atoms with Gasteiger partial charge in [-0.2, -0.15) is 13.2 Å². The Labute approximate surface area is 120 Å². The summed E-state index contributed by atoms with van der Waals surface area (Å²) in [5.74, 6) is -0.144. The van der Waals surface area contributed by atoms with Gasteiger partial charge in [0.25, 0.3) is 0 Å². The van der Waals surface area contributed by atoms with Gasteiger partial charge in [-0.3, -0.25) is 4.79 Å². The summed E-state index contributed by atoms with van der Waals surface area (Å²) < 4.78 is 37.3. The first-order chi connectivity index (χ1) is 8.24. The van der Waals surface area contributed by atoms with E-state index >= 15 is 0 Å². The molecule has 0 aliphatic heterocycles. The van der Waals surface area contributed by atoms with Crippen LogP contribution in [0.15, 0.2) is 28.0 Å². The number of thioether (sulfide) groups is 2. The van der Waals surface area contributed by atoms with Gasteiger partial charge in [-0.1, -0.05) is 22.0 Å². The third kappa shape index (κ3) is 4.51. The van der Waals surface area contributed by atoms with Gasteiger partial charge in [-0.05, 0) is 42.6 Å². The van der Waals surface area contributed by atoms with E-state index < -0.39 is 10.3 Å². The number of halogens is 4. The maximum absolute atomic E-state index is 12.4. The van der Waals surface area contributed by atoms with Gasteiger partial charge in [0, 0.05) is 9.79 Å². The first-order valence-corrected chi connectivity index (χ1v) is 7.78. The maximum atomic E-state index is 12.4. The smallest absolute Gasteiger partial charge is 0.298 e. The van der Waals surface area contributed by atoms with Crippen LogP contribution >= 0.6 is 39.5 Å². The highest BCUT2D eigenvalue weighted by Gasteiger charge is 2.30. The lowest BCUT2D eigenvalue weighted by Crippen LogP contribution is -2.03. The van der Waals surface area contributed by atoms with Crippen LogP contribution in [0, 0.1) is 0 Å². The molecule has 1 nitrogen and oxygen atoms in total. The highest BCUT2D eigenvalue weighted by Crippen LogP contribution is 2.42. The Morgan fingerprint density at radius 1 is 1.33 bits per heavy atom. The zero-order valence-corrected chi connectivity index (χ0v) is 12.8. The summed E-state index contributed by atoms with van der Waals surface area (Å²) in [7, 11) is 0. The molecule has 0 heterocycles. The Morgan fingerprint density at radius 2 is 1.94 bits per heavy atom. The average Bonchev–Trinajstić information content (AvgIpc) is 2.25. The number of carbonyl (C=O) groups excluding carboxylic acids is 1. The van der Waals surface area contributed by atoms with E-state index in [9.17, 15) is 18.0 Å². The van der Waals surface area contributed by atoms with Gasteiger partial charge in [0.1, 0.15) is 5.78 Å². The molecule has 1 aromatic carbocycles. The van der Waals surface area contributed by atoms with Crippen LogP contribution in [0.2, 0.25) is 0 Å². The Hall–Kier alpha value is -0.140. The van der Waals surface area contributed by atoms with Crippen molar-refractivity contribution in [1.82, 2.24) is 0 Å². The van der Waals surface area contributed by atoms with Crippen LogP contribution in [-0.4, -0.2) is 17.5 Å². The van der Waals surface area contributed by atoms with Crippen LogP contribution in [0.1, 0.15) is 17.3 Å². The van der Waals surface area contributed by atoms with Gasteiger partial charge in [0.15, 0.2) is 0 Å². The topological polar surface area (TPSA) is 17.1 Å². The number of carbonyl (C=O) groups is 1. The molecule has 0 aliphatic carbocycles. The molecule has 1 rings (SSSR count). The van der Waals surface area contributed by atoms with Crippen molar-refractivity contribution in [3.05, 3.63) is 23.8 Å². The van der Waals surface area contributed by atoms with Gasteiger partial charge in [-0.15, -0.1) is 11.8 Å². The van der Waals surface area contributed by atoms with E-state index in [0.29, 0.717) is 10.5 Å². The van der Waals surface area contributed by atoms with Crippen molar-refractivity contribution in [1.29, 1.82) is 0 Å². The minimum atomic E-state index is -4.33. The summed E-state index contributed by atoms with van der Waals surface area (Å²) in [6.07, 6.45) is 1.71. The molecule has 0 amide bonds. The molecule has 0 N–H and O–H groups in total. The molecule has 100 valence electrons. The maximum Gasteiger partial charge on any atom is 0.446 e. The van der Waals surface area contributed by atoms with Crippen molar-refractivity contribution in [2.45, 2.75) is 27.1 Å². The first kappa shape index (κ1) is 15.9. The Morgan fingerprint density at radius 3 is 2.39 bits per heavy atom. The molecule has 0 radical (unpaired) electrons. The quantitative estimate of drug-likeness (QED) is 0.554. The van der Waals surface area contributed by atoms with E-state index in [-0.39, 0.29) is 22.4 Å². The van der Waals surface area contributed by atoms with E-state index in [1.807, 2.05) is 0 Å². The lowest BCUT2D eigenvalue weighted by molar-refractivity contribution is -0.116. The predicted molar refractivity (Wildman–Crippen MR) is 72.5 cm³/mol. The second kappa shape index (κ2) is 6.34. The Kier molecular flexibility index (Phi) is 5.61. The van der Waals surface area contributed by atoms with Gasteiger partial charge in [0.05, 0.1) is 4.83 Å². The number of alkyl halides is 4. The molecule has 18 heavy (non-hydrogen) atoms. The predicted octanol–water partition coefficient (Wildman–Crippen LogP) is 5.05. The molecule has 0 aromatic heterocycles. The van der Waals surface area contributed by atoms with Gasteiger partial charge in [0.2, 0.25) is 0 Å². The van der Waals surface area contributed by atoms with Crippen LogP contribution < -0.4 is 0 Å². The summed E-state index contributed by atoms with van der Waals surface area (Å²) >= 11 is 4.25. The Balaban J connectivity index is 3.13. The molecular weight excluding hydrogens is 349 g/mol. The monoisotopic (exact) mass is 358 g/mol. The summed E-state index contributed by atoms with van der Waals surface area (Å²) in [6.45, 7) is 1.39. The first-order valence-electron chi connectivity index (χ1n) is 4.83. The number of hydrogen-bond acceptors (Lipinski definition) is 3. The second-order valence-corrected chi connectivity index (χ2v) is 6.30. The highest BCUT2D eigenvalue weighted by atomic mass is 79.9. The lowest BCUT2D eigenvalue weighted by atomic mass is 10.1. The molecule has 0 bridgehead atoms. The van der Waals surface area contributed by atoms with Crippen molar-refractivity contribution >= 4 is 45.2 Å². The van der Waals surface area contributed by atoms with E-state index in [1.54, 1.807) is 18.4 Å². The number of ketones is 1. The highest BCUT2D eigenvalue weighted by molar-refractivity contribution is 9.09. The molecule has 0 aliphatic rings. The summed E-state index contributed by atoms with van der Waals surface area (Å²) in [6, 6.07) is 4.67. The third-order valence-electron chi connectivity index (χ3n) is 2.06. The number of benzene rings is 1. The largest absolute Gasteiger partial charge is 0.446 e. The van der Waals surface area contributed by atoms with E-state index in [2.05, 4.69) is 15.9 Å². The molecule has 0 saturated heterocycles. The molecule has 1 unspecified atom stereocenters. The zero-order valence-electron chi connectivity index (χ0n) is 9.55. The van der Waals surface area contributed by atoms with Crippen LogP contribution in [0.5, 0.6) is 0 Å². The van der Waals surface area contributed by atoms with Crippen molar-refractivity contribution in [3.63, 3.8) is 0 Å². The standard InChI is InChI=1S/C11H10BrF3OS2/c1-6(16)10(12)7-3-4-8(17-2)9(5-7)18-11(13,14)15/h3-5,10H,1-2H3. The van der Waals surface area contributed by atoms with Gasteiger partial charge >= 0.3 is 5.51 Å².